The molecule has 2 aliphatic rings. The Balaban J connectivity index is 1.31. The number of nitrogens with one attached hydrogen (secondary N) is 2. The van der Waals surface area contributed by atoms with Gasteiger partial charge in [-0.25, -0.2) is 5.43 Å². The SMILES string of the molecule is Cc1c(C(=O)NC2CCCC2)oc2c1/C(=N/NC(=O)c1ccc(-c3ccccc3)cc1)CCC2. The lowest BCUT2D eigenvalue weighted by Crippen LogP contribution is -2.32. The summed E-state index contributed by atoms with van der Waals surface area (Å²) in [5.74, 6) is 0.732. The van der Waals surface area contributed by atoms with Gasteiger partial charge in [-0.3, -0.25) is 9.59 Å². The molecule has 2 amide bonds. The Kier molecular flexibility index (Phi) is 6.30. The van der Waals surface area contributed by atoms with Crippen LogP contribution in [0.1, 0.15) is 76.3 Å². The van der Waals surface area contributed by atoms with E-state index in [1.165, 1.54) is 0 Å². The first kappa shape index (κ1) is 22.1. The van der Waals surface area contributed by atoms with Gasteiger partial charge in [-0.05, 0) is 55.9 Å². The minimum Gasteiger partial charge on any atom is -0.455 e. The van der Waals surface area contributed by atoms with Crippen molar-refractivity contribution in [1.82, 2.24) is 10.7 Å². The number of nitrogens with zero attached hydrogens (tertiary/aromatic N) is 1. The van der Waals surface area contributed by atoms with E-state index < -0.39 is 0 Å². The average Bonchev–Trinajstić information content (AvgIpc) is 3.51. The molecule has 34 heavy (non-hydrogen) atoms. The largest absolute Gasteiger partial charge is 0.455 e. The van der Waals surface area contributed by atoms with Crippen LogP contribution in [0.4, 0.5) is 0 Å². The summed E-state index contributed by atoms with van der Waals surface area (Å²) in [5, 5.41) is 7.55. The van der Waals surface area contributed by atoms with Crippen molar-refractivity contribution in [2.75, 3.05) is 0 Å². The number of rotatable bonds is 5. The van der Waals surface area contributed by atoms with Crippen molar-refractivity contribution in [1.29, 1.82) is 0 Å². The van der Waals surface area contributed by atoms with Crippen LogP contribution in [0.5, 0.6) is 0 Å². The van der Waals surface area contributed by atoms with Crippen LogP contribution in [0.15, 0.2) is 64.1 Å². The van der Waals surface area contributed by atoms with Crippen LogP contribution >= 0.6 is 0 Å². The third kappa shape index (κ3) is 4.53. The molecule has 6 nitrogen and oxygen atoms in total. The number of benzene rings is 2. The number of hydrazone groups is 1. The molecule has 0 unspecified atom stereocenters. The highest BCUT2D eigenvalue weighted by atomic mass is 16.4. The number of carbonyl (C=O) groups excluding carboxylic acids is 2. The molecule has 1 heterocycles. The highest BCUT2D eigenvalue weighted by molar-refractivity contribution is 6.07. The topological polar surface area (TPSA) is 83.7 Å². The van der Waals surface area contributed by atoms with E-state index in [9.17, 15) is 9.59 Å². The molecule has 1 fully saturated rings. The van der Waals surface area contributed by atoms with E-state index in [2.05, 4.69) is 15.8 Å². The van der Waals surface area contributed by atoms with Crippen molar-refractivity contribution in [3.8, 4) is 11.1 Å². The van der Waals surface area contributed by atoms with Crippen molar-refractivity contribution in [3.63, 3.8) is 0 Å². The zero-order valence-corrected chi connectivity index (χ0v) is 19.4. The number of fused-ring (bicyclic) bond motifs is 1. The quantitative estimate of drug-likeness (QED) is 0.506. The molecule has 1 aromatic heterocycles. The van der Waals surface area contributed by atoms with E-state index in [1.54, 1.807) is 12.1 Å². The van der Waals surface area contributed by atoms with Crippen LogP contribution < -0.4 is 10.7 Å². The fraction of sp³-hybridized carbons (Fsp3) is 0.321. The van der Waals surface area contributed by atoms with Crippen molar-refractivity contribution >= 4 is 17.5 Å². The Bertz CT molecular complexity index is 1220. The molecule has 174 valence electrons. The molecular weight excluding hydrogens is 426 g/mol. The first-order valence-electron chi connectivity index (χ1n) is 12.1. The molecule has 0 saturated heterocycles. The fourth-order valence-electron chi connectivity index (χ4n) is 4.95. The molecular formula is C28H29N3O3. The van der Waals surface area contributed by atoms with Crippen LogP contribution in [0.25, 0.3) is 11.1 Å². The molecule has 5 rings (SSSR count). The summed E-state index contributed by atoms with van der Waals surface area (Å²) < 4.78 is 5.98. The smallest absolute Gasteiger partial charge is 0.287 e. The predicted molar refractivity (Wildman–Crippen MR) is 132 cm³/mol. The van der Waals surface area contributed by atoms with Crippen LogP contribution in [0, 0.1) is 6.92 Å². The van der Waals surface area contributed by atoms with Gasteiger partial charge in [0.1, 0.15) is 5.76 Å². The number of carbonyl (C=O) groups is 2. The van der Waals surface area contributed by atoms with E-state index in [0.29, 0.717) is 11.3 Å². The van der Waals surface area contributed by atoms with E-state index in [0.717, 1.165) is 78.7 Å². The summed E-state index contributed by atoms with van der Waals surface area (Å²) in [6, 6.07) is 17.8. The number of amides is 2. The van der Waals surface area contributed by atoms with Gasteiger partial charge in [0.15, 0.2) is 5.76 Å². The van der Waals surface area contributed by atoms with Crippen LogP contribution in [0.2, 0.25) is 0 Å². The third-order valence-electron chi connectivity index (χ3n) is 6.77. The summed E-state index contributed by atoms with van der Waals surface area (Å²) in [4.78, 5) is 25.5. The molecule has 0 radical (unpaired) electrons. The lowest BCUT2D eigenvalue weighted by molar-refractivity contribution is 0.0906. The maximum atomic E-state index is 12.8. The Morgan fingerprint density at radius 1 is 0.882 bits per heavy atom. The van der Waals surface area contributed by atoms with E-state index in [1.807, 2.05) is 49.4 Å². The molecule has 0 aliphatic heterocycles. The zero-order chi connectivity index (χ0) is 23.5. The van der Waals surface area contributed by atoms with Crippen molar-refractivity contribution in [2.24, 2.45) is 5.10 Å². The standard InChI is InChI=1S/C28H29N3O3/c1-18-25-23(12-7-13-24(25)34-26(18)28(33)29-22-10-5-6-11-22)30-31-27(32)21-16-14-20(15-17-21)19-8-3-2-4-9-19/h2-4,8-9,14-17,22H,5-7,10-13H2,1H3,(H,29,33)(H,31,32)/b30-23+. The first-order valence-corrected chi connectivity index (χ1v) is 12.1. The highest BCUT2D eigenvalue weighted by Gasteiger charge is 2.29. The number of hydrogen-bond acceptors (Lipinski definition) is 4. The van der Waals surface area contributed by atoms with Gasteiger partial charge in [0.2, 0.25) is 0 Å². The molecule has 2 aliphatic carbocycles. The Labute approximate surface area is 199 Å². The van der Waals surface area contributed by atoms with Gasteiger partial charge in [-0.2, -0.15) is 5.10 Å². The van der Waals surface area contributed by atoms with Crippen LogP contribution in [-0.4, -0.2) is 23.6 Å². The molecule has 1 saturated carbocycles. The molecule has 2 aromatic carbocycles. The monoisotopic (exact) mass is 455 g/mol. The van der Waals surface area contributed by atoms with Gasteiger partial charge in [-0.1, -0.05) is 55.3 Å². The molecule has 2 N–H and O–H groups in total. The maximum Gasteiger partial charge on any atom is 0.287 e. The van der Waals surface area contributed by atoms with Crippen molar-refractivity contribution in [2.45, 2.75) is 57.9 Å². The van der Waals surface area contributed by atoms with E-state index >= 15 is 0 Å². The fourth-order valence-corrected chi connectivity index (χ4v) is 4.95. The molecule has 6 heteroatoms. The molecule has 3 aromatic rings. The van der Waals surface area contributed by atoms with Gasteiger partial charge in [0, 0.05) is 29.2 Å². The van der Waals surface area contributed by atoms with E-state index in [-0.39, 0.29) is 17.9 Å². The van der Waals surface area contributed by atoms with Gasteiger partial charge in [-0.15, -0.1) is 0 Å². The normalized spacial score (nSPS) is 16.9. The molecule has 0 bridgehead atoms. The number of aryl methyl sites for hydroxylation is 1. The van der Waals surface area contributed by atoms with Crippen molar-refractivity contribution in [3.05, 3.63) is 82.8 Å². The third-order valence-corrected chi connectivity index (χ3v) is 6.77. The van der Waals surface area contributed by atoms with Gasteiger partial charge < -0.3 is 9.73 Å². The number of hydrogen-bond donors (Lipinski definition) is 2. The summed E-state index contributed by atoms with van der Waals surface area (Å²) in [5.41, 5.74) is 7.82. The Hall–Kier alpha value is -3.67. The molecule has 0 atom stereocenters. The van der Waals surface area contributed by atoms with Gasteiger partial charge >= 0.3 is 0 Å². The second-order valence-corrected chi connectivity index (χ2v) is 9.11. The lowest BCUT2D eigenvalue weighted by atomic mass is 9.93. The minimum atomic E-state index is -0.264. The van der Waals surface area contributed by atoms with Crippen LogP contribution in [0.3, 0.4) is 0 Å². The lowest BCUT2D eigenvalue weighted by Gasteiger charge is -2.13. The second kappa shape index (κ2) is 9.67. The summed E-state index contributed by atoms with van der Waals surface area (Å²) in [6.07, 6.45) is 6.72. The zero-order valence-electron chi connectivity index (χ0n) is 19.4. The van der Waals surface area contributed by atoms with Gasteiger partial charge in [0.25, 0.3) is 11.8 Å². The number of furan rings is 1. The Morgan fingerprint density at radius 3 is 2.32 bits per heavy atom. The summed E-state index contributed by atoms with van der Waals surface area (Å²) >= 11 is 0. The van der Waals surface area contributed by atoms with E-state index in [4.69, 9.17) is 4.42 Å². The summed E-state index contributed by atoms with van der Waals surface area (Å²) in [6.45, 7) is 1.90. The van der Waals surface area contributed by atoms with Gasteiger partial charge in [0.05, 0.1) is 5.71 Å². The Morgan fingerprint density at radius 2 is 1.59 bits per heavy atom. The summed E-state index contributed by atoms with van der Waals surface area (Å²) in [7, 11) is 0. The molecule has 0 spiro atoms. The predicted octanol–water partition coefficient (Wildman–Crippen LogP) is 5.40. The average molecular weight is 456 g/mol. The second-order valence-electron chi connectivity index (χ2n) is 9.11. The van der Waals surface area contributed by atoms with Crippen molar-refractivity contribution < 1.29 is 14.0 Å². The highest BCUT2D eigenvalue weighted by Crippen LogP contribution is 2.30. The first-order chi connectivity index (χ1) is 16.6. The maximum absolute atomic E-state index is 12.8. The minimum absolute atomic E-state index is 0.152. The van der Waals surface area contributed by atoms with Crippen LogP contribution in [-0.2, 0) is 6.42 Å².